The molecule has 0 fully saturated rings. The molecule has 0 aliphatic heterocycles. The van der Waals surface area contributed by atoms with Gasteiger partial charge >= 0.3 is 0 Å². The zero-order valence-corrected chi connectivity index (χ0v) is 35.0. The summed E-state index contributed by atoms with van der Waals surface area (Å²) in [7, 11) is 0. The summed E-state index contributed by atoms with van der Waals surface area (Å²) in [6.07, 6.45) is 0. The molecule has 0 aliphatic carbocycles. The molecule has 0 aliphatic rings. The number of hydrogen-bond donors (Lipinski definition) is 0. The monoisotopic (exact) mass is 828 g/mol. The van der Waals surface area contributed by atoms with E-state index < -0.39 is 0 Å². The first kappa shape index (κ1) is 34.7. The molecule has 5 heterocycles. The highest BCUT2D eigenvalue weighted by atomic mass is 16.3. The van der Waals surface area contributed by atoms with Crippen molar-refractivity contribution in [1.29, 1.82) is 0 Å². The normalized spacial score (nSPS) is 12.3. The minimum Gasteiger partial charge on any atom is -0.456 e. The molecule has 5 nitrogen and oxygen atoms in total. The van der Waals surface area contributed by atoms with Crippen LogP contribution in [0, 0.1) is 0 Å². The zero-order valence-electron chi connectivity index (χ0n) is 35.0. The van der Waals surface area contributed by atoms with Crippen LogP contribution < -0.4 is 0 Å². The molecule has 65 heavy (non-hydrogen) atoms. The minimum atomic E-state index is 0.885. The maximum absolute atomic E-state index is 6.36. The predicted molar refractivity (Wildman–Crippen MR) is 271 cm³/mol. The number of hydrogen-bond acceptors (Lipinski definition) is 1. The van der Waals surface area contributed by atoms with Crippen molar-refractivity contribution >= 4 is 109 Å². The van der Waals surface area contributed by atoms with E-state index in [0.29, 0.717) is 0 Å². The molecule has 10 aromatic carbocycles. The van der Waals surface area contributed by atoms with Crippen LogP contribution in [0.25, 0.3) is 132 Å². The van der Waals surface area contributed by atoms with Gasteiger partial charge in [-0.15, -0.1) is 0 Å². The summed E-state index contributed by atoms with van der Waals surface area (Å²) < 4.78 is 16.1. The van der Waals surface area contributed by atoms with Crippen LogP contribution >= 0.6 is 0 Å². The Labute approximate surface area is 371 Å². The van der Waals surface area contributed by atoms with Gasteiger partial charge in [0.05, 0.1) is 44.1 Å². The number of nitrogens with zero attached hydrogens (tertiary/aromatic N) is 4. The second-order valence-electron chi connectivity index (χ2n) is 17.3. The van der Waals surface area contributed by atoms with Crippen LogP contribution in [0.1, 0.15) is 0 Å². The molecule has 15 rings (SSSR count). The van der Waals surface area contributed by atoms with Crippen LogP contribution in [0.4, 0.5) is 0 Å². The van der Waals surface area contributed by atoms with Crippen molar-refractivity contribution in [3.05, 3.63) is 218 Å². The van der Waals surface area contributed by atoms with Crippen LogP contribution in [-0.2, 0) is 0 Å². The lowest BCUT2D eigenvalue weighted by molar-refractivity contribution is 0.669. The topological polar surface area (TPSA) is 32.9 Å². The highest BCUT2D eigenvalue weighted by Crippen LogP contribution is 2.43. The molecule has 5 aromatic heterocycles. The summed E-state index contributed by atoms with van der Waals surface area (Å²) in [5.41, 5.74) is 15.7. The Balaban J connectivity index is 1.07. The number of aromatic nitrogens is 4. The van der Waals surface area contributed by atoms with E-state index in [0.717, 1.165) is 66.8 Å². The van der Waals surface area contributed by atoms with E-state index in [2.05, 4.69) is 231 Å². The smallest absolute Gasteiger partial charge is 0.135 e. The molecule has 0 saturated heterocycles. The molecule has 0 amide bonds. The van der Waals surface area contributed by atoms with Gasteiger partial charge in [0, 0.05) is 76.6 Å². The van der Waals surface area contributed by atoms with E-state index in [9.17, 15) is 0 Å². The number of rotatable bonds is 4. The lowest BCUT2D eigenvalue weighted by atomic mass is 10.1. The van der Waals surface area contributed by atoms with Crippen molar-refractivity contribution in [1.82, 2.24) is 18.3 Å². The Kier molecular flexibility index (Phi) is 6.89. The maximum atomic E-state index is 6.36. The van der Waals surface area contributed by atoms with Crippen LogP contribution in [0.3, 0.4) is 0 Å². The van der Waals surface area contributed by atoms with E-state index in [1.165, 1.54) is 65.2 Å². The third-order valence-corrected chi connectivity index (χ3v) is 13.9. The minimum absolute atomic E-state index is 0.885. The summed E-state index contributed by atoms with van der Waals surface area (Å²) >= 11 is 0. The van der Waals surface area contributed by atoms with E-state index in [-0.39, 0.29) is 0 Å². The van der Waals surface area contributed by atoms with Crippen LogP contribution in [0.2, 0.25) is 0 Å². The third-order valence-electron chi connectivity index (χ3n) is 13.9. The highest BCUT2D eigenvalue weighted by Gasteiger charge is 2.22. The second kappa shape index (κ2) is 12.9. The van der Waals surface area contributed by atoms with E-state index in [4.69, 9.17) is 4.42 Å². The fraction of sp³-hybridized carbons (Fsp3) is 0. The first-order chi connectivity index (χ1) is 32.2. The van der Waals surface area contributed by atoms with Gasteiger partial charge in [0.2, 0.25) is 0 Å². The van der Waals surface area contributed by atoms with Gasteiger partial charge < -0.3 is 22.7 Å². The van der Waals surface area contributed by atoms with Gasteiger partial charge in [0.15, 0.2) is 0 Å². The third kappa shape index (κ3) is 4.76. The molecule has 302 valence electrons. The quantitative estimate of drug-likeness (QED) is 0.174. The maximum Gasteiger partial charge on any atom is 0.135 e. The molecule has 0 spiro atoms. The van der Waals surface area contributed by atoms with Gasteiger partial charge in [-0.05, 0) is 109 Å². The Hall–Kier alpha value is -8.80. The lowest BCUT2D eigenvalue weighted by Crippen LogP contribution is -1.96. The SMILES string of the molecule is c1ccc(-n2c3ccc(-n4c5ccccc5c5ccccc54)cc3c3cc4c(cc32)c2cc(-n3c5ccccc5c5ccccc53)ccc2n4-c2ccc3oc4ccccc4c3c2)cc1. The Morgan fingerprint density at radius 1 is 0.200 bits per heavy atom. The fourth-order valence-electron chi connectivity index (χ4n) is 11.2. The number of benzene rings is 10. The Morgan fingerprint density at radius 2 is 0.538 bits per heavy atom. The molecule has 0 radical (unpaired) electrons. The molecular weight excluding hydrogens is 793 g/mol. The van der Waals surface area contributed by atoms with E-state index in [1.54, 1.807) is 0 Å². The average molecular weight is 829 g/mol. The molecule has 0 N–H and O–H groups in total. The predicted octanol–water partition coefficient (Wildman–Crippen LogP) is 16.0. The summed E-state index contributed by atoms with van der Waals surface area (Å²) in [6.45, 7) is 0. The lowest BCUT2D eigenvalue weighted by Gasteiger charge is -2.10. The molecule has 0 bridgehead atoms. The van der Waals surface area contributed by atoms with Gasteiger partial charge in [0.1, 0.15) is 11.2 Å². The fourth-order valence-corrected chi connectivity index (χ4v) is 11.2. The number of furan rings is 1. The molecule has 5 heteroatoms. The molecule has 0 atom stereocenters. The van der Waals surface area contributed by atoms with Crippen molar-refractivity contribution in [2.45, 2.75) is 0 Å². The first-order valence-electron chi connectivity index (χ1n) is 22.3. The van der Waals surface area contributed by atoms with Crippen molar-refractivity contribution in [2.75, 3.05) is 0 Å². The molecule has 0 unspecified atom stereocenters. The molecule has 0 saturated carbocycles. The molecule has 15 aromatic rings. The van der Waals surface area contributed by atoms with E-state index in [1.807, 2.05) is 6.07 Å². The van der Waals surface area contributed by atoms with Gasteiger partial charge in [0.25, 0.3) is 0 Å². The zero-order chi connectivity index (χ0) is 42.3. The summed E-state index contributed by atoms with van der Waals surface area (Å²) in [4.78, 5) is 0. The van der Waals surface area contributed by atoms with Gasteiger partial charge in [-0.3, -0.25) is 0 Å². The van der Waals surface area contributed by atoms with Crippen molar-refractivity contribution in [2.24, 2.45) is 0 Å². The van der Waals surface area contributed by atoms with E-state index >= 15 is 0 Å². The van der Waals surface area contributed by atoms with Crippen LogP contribution in [0.5, 0.6) is 0 Å². The van der Waals surface area contributed by atoms with Crippen LogP contribution in [0.15, 0.2) is 223 Å². The first-order valence-corrected chi connectivity index (χ1v) is 22.3. The second-order valence-corrected chi connectivity index (χ2v) is 17.3. The largest absolute Gasteiger partial charge is 0.456 e. The Morgan fingerprint density at radius 3 is 1.05 bits per heavy atom. The standard InChI is InChI=1S/C60H36N4O/c1-2-14-37(15-3-1)61-55-29-26-38(62-51-21-9-4-16-41(51)42-17-5-10-22-52(42)62)32-46(55)48-36-58-49(35-57(48)61)47-33-39(63-53-23-11-6-18-43(53)44-19-7-12-24-54(44)63)27-30-56(47)64(58)40-28-31-60-50(34-40)45-20-8-13-25-59(45)65-60/h1-36H. The van der Waals surface area contributed by atoms with Crippen molar-refractivity contribution < 1.29 is 4.42 Å². The number of fused-ring (bicyclic) bond motifs is 15. The molecular formula is C60H36N4O. The van der Waals surface area contributed by atoms with Crippen molar-refractivity contribution in [3.8, 4) is 22.7 Å². The summed E-state index contributed by atoms with van der Waals surface area (Å²) in [5.74, 6) is 0. The summed E-state index contributed by atoms with van der Waals surface area (Å²) in [5, 5.41) is 12.0. The summed E-state index contributed by atoms with van der Waals surface area (Å²) in [6, 6.07) is 79.7. The van der Waals surface area contributed by atoms with Crippen LogP contribution in [-0.4, -0.2) is 18.3 Å². The van der Waals surface area contributed by atoms with Gasteiger partial charge in [-0.25, -0.2) is 0 Å². The number of para-hydroxylation sites is 6. The highest BCUT2D eigenvalue weighted by molar-refractivity contribution is 6.20. The average Bonchev–Trinajstić information content (AvgIpc) is 4.16. The van der Waals surface area contributed by atoms with Gasteiger partial charge in [-0.1, -0.05) is 109 Å². The van der Waals surface area contributed by atoms with Crippen molar-refractivity contribution in [3.63, 3.8) is 0 Å². The Bertz CT molecular complexity index is 4370. The van der Waals surface area contributed by atoms with Gasteiger partial charge in [-0.2, -0.15) is 0 Å².